The van der Waals surface area contributed by atoms with Gasteiger partial charge >= 0.3 is 7.12 Å². The van der Waals surface area contributed by atoms with Gasteiger partial charge in [0.05, 0.1) is 5.69 Å². The summed E-state index contributed by atoms with van der Waals surface area (Å²) in [5.74, 6) is 0.459. The molecule has 5 nitrogen and oxygen atoms in total. The zero-order valence-corrected chi connectivity index (χ0v) is 7.58. The predicted molar refractivity (Wildman–Crippen MR) is 50.4 cm³/mol. The molecule has 0 aliphatic rings. The molecule has 0 saturated carbocycles. The zero-order chi connectivity index (χ0) is 10.1. The fourth-order valence-corrected chi connectivity index (χ4v) is 1.14. The fraction of sp³-hybridized carbons (Fsp3) is 0.125. The molecule has 0 radical (unpaired) electrons. The molecule has 2 aromatic rings. The predicted octanol–water partition coefficient (Wildman–Crippen LogP) is -0.546. The van der Waals surface area contributed by atoms with Gasteiger partial charge in [0.2, 0.25) is 5.88 Å². The number of furan rings is 1. The average Bonchev–Trinajstić information content (AvgIpc) is 2.70. The molecule has 14 heavy (non-hydrogen) atoms. The minimum absolute atomic E-state index is 0.105. The quantitative estimate of drug-likeness (QED) is 0.626. The van der Waals surface area contributed by atoms with Crippen molar-refractivity contribution >= 4 is 12.8 Å². The van der Waals surface area contributed by atoms with Crippen LogP contribution < -0.4 is 5.66 Å². The van der Waals surface area contributed by atoms with Gasteiger partial charge in [0.25, 0.3) is 0 Å². The number of hydrogen-bond donors (Lipinski definition) is 2. The molecule has 72 valence electrons. The van der Waals surface area contributed by atoms with Gasteiger partial charge in [-0.25, -0.2) is 4.68 Å². The molecule has 0 spiro atoms. The third-order valence-corrected chi connectivity index (χ3v) is 1.82. The van der Waals surface area contributed by atoms with E-state index < -0.39 is 7.12 Å². The van der Waals surface area contributed by atoms with Crippen molar-refractivity contribution in [1.29, 1.82) is 0 Å². The van der Waals surface area contributed by atoms with Crippen molar-refractivity contribution in [2.24, 2.45) is 0 Å². The second-order valence-electron chi connectivity index (χ2n) is 2.95. The maximum atomic E-state index is 8.82. The third-order valence-electron chi connectivity index (χ3n) is 1.82. The van der Waals surface area contributed by atoms with Crippen molar-refractivity contribution in [1.82, 2.24) is 9.78 Å². The van der Waals surface area contributed by atoms with Gasteiger partial charge in [0.15, 0.2) is 0 Å². The van der Waals surface area contributed by atoms with Crippen LogP contribution in [0.4, 0.5) is 0 Å². The average molecular weight is 192 g/mol. The van der Waals surface area contributed by atoms with E-state index in [4.69, 9.17) is 14.5 Å². The van der Waals surface area contributed by atoms with Gasteiger partial charge < -0.3 is 14.5 Å². The van der Waals surface area contributed by atoms with Crippen molar-refractivity contribution < 1.29 is 14.5 Å². The molecule has 0 aliphatic carbocycles. The van der Waals surface area contributed by atoms with Gasteiger partial charge in [-0.1, -0.05) is 0 Å². The van der Waals surface area contributed by atoms with Gasteiger partial charge in [-0.3, -0.25) is 0 Å². The molecule has 0 aliphatic heterocycles. The molecular formula is C8H9BN2O3. The van der Waals surface area contributed by atoms with Crippen LogP contribution in [-0.2, 0) is 0 Å². The van der Waals surface area contributed by atoms with Crippen LogP contribution in [0.1, 0.15) is 5.69 Å². The SMILES string of the molecule is Cc1ccn(-c2ccc(B(O)O)o2)n1. The number of nitrogens with zero attached hydrogens (tertiary/aromatic N) is 2. The van der Waals surface area contributed by atoms with Gasteiger partial charge in [-0.15, -0.1) is 0 Å². The van der Waals surface area contributed by atoms with Crippen molar-refractivity contribution in [3.8, 4) is 5.88 Å². The highest BCUT2D eigenvalue weighted by Gasteiger charge is 2.16. The van der Waals surface area contributed by atoms with E-state index >= 15 is 0 Å². The summed E-state index contributed by atoms with van der Waals surface area (Å²) in [7, 11) is -1.58. The Labute approximate surface area is 80.7 Å². The van der Waals surface area contributed by atoms with Gasteiger partial charge in [-0.05, 0) is 19.1 Å². The molecule has 0 fully saturated rings. The van der Waals surface area contributed by atoms with E-state index in [-0.39, 0.29) is 5.66 Å². The summed E-state index contributed by atoms with van der Waals surface area (Å²) in [5, 5.41) is 21.8. The van der Waals surface area contributed by atoms with E-state index in [1.807, 2.05) is 13.0 Å². The molecule has 2 N–H and O–H groups in total. The number of rotatable bonds is 2. The Bertz CT molecular complexity index is 435. The molecule has 0 unspecified atom stereocenters. The Balaban J connectivity index is 2.33. The lowest BCUT2D eigenvalue weighted by atomic mass is 9.88. The first-order chi connectivity index (χ1) is 6.66. The van der Waals surface area contributed by atoms with Gasteiger partial charge in [-0.2, -0.15) is 5.10 Å². The molecule has 0 saturated heterocycles. The molecule has 2 rings (SSSR count). The monoisotopic (exact) mass is 192 g/mol. The van der Waals surface area contributed by atoms with Crippen molar-refractivity contribution in [2.75, 3.05) is 0 Å². The lowest BCUT2D eigenvalue weighted by molar-refractivity contribution is 0.407. The Morgan fingerprint density at radius 1 is 1.36 bits per heavy atom. The van der Waals surface area contributed by atoms with E-state index in [0.717, 1.165) is 5.69 Å². The Kier molecular flexibility index (Phi) is 2.15. The van der Waals surface area contributed by atoms with Crippen molar-refractivity contribution in [3.05, 3.63) is 30.1 Å². The van der Waals surface area contributed by atoms with Gasteiger partial charge in [0.1, 0.15) is 5.66 Å². The van der Waals surface area contributed by atoms with E-state index in [9.17, 15) is 0 Å². The summed E-state index contributed by atoms with van der Waals surface area (Å²) < 4.78 is 6.67. The molecule has 6 heteroatoms. The Hall–Kier alpha value is -1.53. The van der Waals surface area contributed by atoms with Crippen LogP contribution in [0.3, 0.4) is 0 Å². The van der Waals surface area contributed by atoms with Crippen LogP contribution in [0.2, 0.25) is 0 Å². The Morgan fingerprint density at radius 3 is 2.64 bits per heavy atom. The van der Waals surface area contributed by atoms with E-state index in [0.29, 0.717) is 5.88 Å². The van der Waals surface area contributed by atoms with Crippen molar-refractivity contribution in [2.45, 2.75) is 6.92 Å². The normalized spacial score (nSPS) is 10.5. The maximum Gasteiger partial charge on any atom is 0.526 e. The maximum absolute atomic E-state index is 8.82. The summed E-state index contributed by atoms with van der Waals surface area (Å²) in [6, 6.07) is 4.95. The topological polar surface area (TPSA) is 71.4 Å². The lowest BCUT2D eigenvalue weighted by Gasteiger charge is -1.95. The van der Waals surface area contributed by atoms with Crippen LogP contribution in [0.15, 0.2) is 28.8 Å². The summed E-state index contributed by atoms with van der Waals surface area (Å²) in [4.78, 5) is 0. The fourth-order valence-electron chi connectivity index (χ4n) is 1.14. The molecule has 2 heterocycles. The highest BCUT2D eigenvalue weighted by atomic mass is 16.4. The highest BCUT2D eigenvalue weighted by Crippen LogP contribution is 2.06. The molecule has 0 atom stereocenters. The first kappa shape index (κ1) is 9.05. The first-order valence-electron chi connectivity index (χ1n) is 4.15. The molecular weight excluding hydrogens is 183 g/mol. The Morgan fingerprint density at radius 2 is 2.14 bits per heavy atom. The summed E-state index contributed by atoms with van der Waals surface area (Å²) in [6.45, 7) is 1.86. The van der Waals surface area contributed by atoms with Crippen molar-refractivity contribution in [3.63, 3.8) is 0 Å². The minimum atomic E-state index is -1.58. The standard InChI is InChI=1S/C8H9BN2O3/c1-6-4-5-11(10-6)8-3-2-7(14-8)9(12)13/h2-5,12-13H,1H3. The summed E-state index contributed by atoms with van der Waals surface area (Å²) in [6.07, 6.45) is 1.74. The molecule has 0 bridgehead atoms. The largest absolute Gasteiger partial charge is 0.526 e. The minimum Gasteiger partial charge on any atom is -0.447 e. The van der Waals surface area contributed by atoms with Gasteiger partial charge in [0, 0.05) is 12.3 Å². The lowest BCUT2D eigenvalue weighted by Crippen LogP contribution is -2.28. The molecule has 2 aromatic heterocycles. The summed E-state index contributed by atoms with van der Waals surface area (Å²) >= 11 is 0. The van der Waals surface area contributed by atoms with Crippen LogP contribution in [0.5, 0.6) is 0 Å². The van der Waals surface area contributed by atoms with Crippen LogP contribution >= 0.6 is 0 Å². The zero-order valence-electron chi connectivity index (χ0n) is 7.58. The number of hydrogen-bond acceptors (Lipinski definition) is 4. The highest BCUT2D eigenvalue weighted by molar-refractivity contribution is 6.57. The second kappa shape index (κ2) is 3.32. The molecule has 0 amide bonds. The molecule has 0 aromatic carbocycles. The third kappa shape index (κ3) is 1.57. The summed E-state index contributed by atoms with van der Waals surface area (Å²) in [5.41, 5.74) is 0.973. The second-order valence-corrected chi connectivity index (χ2v) is 2.95. The van der Waals surface area contributed by atoms with Crippen LogP contribution in [0.25, 0.3) is 5.88 Å². The van der Waals surface area contributed by atoms with E-state index in [1.165, 1.54) is 10.7 Å². The number of aromatic nitrogens is 2. The first-order valence-corrected chi connectivity index (χ1v) is 4.15. The smallest absolute Gasteiger partial charge is 0.447 e. The van der Waals surface area contributed by atoms with Crippen LogP contribution in [0, 0.1) is 6.92 Å². The van der Waals surface area contributed by atoms with E-state index in [1.54, 1.807) is 12.3 Å². The van der Waals surface area contributed by atoms with E-state index in [2.05, 4.69) is 5.10 Å². The number of aryl methyl sites for hydroxylation is 1. The van der Waals surface area contributed by atoms with Crippen LogP contribution in [-0.4, -0.2) is 26.9 Å².